The fourth-order valence-corrected chi connectivity index (χ4v) is 2.60. The van der Waals surface area contributed by atoms with Gasteiger partial charge >= 0.3 is 0 Å². The quantitative estimate of drug-likeness (QED) is 0.786. The SMILES string of the molecule is CCNC(=O)CCOc1cc(F)c(S(N)(=O)=O)cc1Br. The van der Waals surface area contributed by atoms with Gasteiger partial charge in [-0.1, -0.05) is 0 Å². The lowest BCUT2D eigenvalue weighted by Gasteiger charge is -2.10. The minimum Gasteiger partial charge on any atom is -0.492 e. The molecule has 0 radical (unpaired) electrons. The first-order valence-corrected chi connectivity index (χ1v) is 8.01. The van der Waals surface area contributed by atoms with Crippen molar-refractivity contribution in [1.82, 2.24) is 5.32 Å². The minimum absolute atomic E-state index is 0.0403. The zero-order valence-corrected chi connectivity index (χ0v) is 13.1. The van der Waals surface area contributed by atoms with Crippen molar-refractivity contribution in [3.05, 3.63) is 22.4 Å². The number of hydrogen-bond acceptors (Lipinski definition) is 4. The summed E-state index contributed by atoms with van der Waals surface area (Å²) in [5, 5.41) is 7.45. The summed E-state index contributed by atoms with van der Waals surface area (Å²) >= 11 is 3.06. The van der Waals surface area contributed by atoms with Gasteiger partial charge in [0.1, 0.15) is 16.5 Å². The molecule has 0 fully saturated rings. The molecule has 3 N–H and O–H groups in total. The summed E-state index contributed by atoms with van der Waals surface area (Å²) < 4.78 is 41.3. The third-order valence-corrected chi connectivity index (χ3v) is 3.80. The standard InChI is InChI=1S/C11H14BrFN2O4S/c1-2-15-11(16)3-4-19-9-6-8(13)10(5-7(9)12)20(14,17)18/h5-6H,2-4H2,1H3,(H,15,16)(H2,14,17,18). The van der Waals surface area contributed by atoms with Crippen LogP contribution in [0.5, 0.6) is 5.75 Å². The monoisotopic (exact) mass is 368 g/mol. The largest absolute Gasteiger partial charge is 0.492 e. The smallest absolute Gasteiger partial charge is 0.241 e. The lowest BCUT2D eigenvalue weighted by atomic mass is 10.3. The summed E-state index contributed by atoms with van der Waals surface area (Å²) in [6.45, 7) is 2.34. The first-order valence-electron chi connectivity index (χ1n) is 5.67. The van der Waals surface area contributed by atoms with Gasteiger partial charge in [-0.15, -0.1) is 0 Å². The normalized spacial score (nSPS) is 11.2. The fourth-order valence-electron chi connectivity index (χ4n) is 1.38. The van der Waals surface area contributed by atoms with Crippen molar-refractivity contribution in [1.29, 1.82) is 0 Å². The van der Waals surface area contributed by atoms with E-state index in [1.807, 2.05) is 0 Å². The lowest BCUT2D eigenvalue weighted by Crippen LogP contribution is -2.24. The van der Waals surface area contributed by atoms with Gasteiger partial charge in [-0.05, 0) is 28.9 Å². The van der Waals surface area contributed by atoms with Crippen LogP contribution in [0.15, 0.2) is 21.5 Å². The van der Waals surface area contributed by atoms with Gasteiger partial charge in [0.25, 0.3) is 0 Å². The second-order valence-electron chi connectivity index (χ2n) is 3.81. The maximum atomic E-state index is 13.6. The van der Waals surface area contributed by atoms with E-state index in [0.29, 0.717) is 6.54 Å². The number of hydrogen-bond donors (Lipinski definition) is 2. The molecule has 6 nitrogen and oxygen atoms in total. The Morgan fingerprint density at radius 1 is 1.50 bits per heavy atom. The molecule has 1 aromatic carbocycles. The van der Waals surface area contributed by atoms with Crippen molar-refractivity contribution in [2.45, 2.75) is 18.2 Å². The van der Waals surface area contributed by atoms with Crippen molar-refractivity contribution in [3.8, 4) is 5.75 Å². The number of nitrogens with one attached hydrogen (secondary N) is 1. The highest BCUT2D eigenvalue weighted by molar-refractivity contribution is 9.10. The summed E-state index contributed by atoms with van der Waals surface area (Å²) in [5.74, 6) is -1.10. The van der Waals surface area contributed by atoms with Gasteiger partial charge in [-0.25, -0.2) is 17.9 Å². The lowest BCUT2D eigenvalue weighted by molar-refractivity contribution is -0.121. The first kappa shape index (κ1) is 16.9. The van der Waals surface area contributed by atoms with Crippen molar-refractivity contribution in [2.75, 3.05) is 13.2 Å². The molecule has 1 amide bonds. The van der Waals surface area contributed by atoms with Gasteiger partial charge in [0, 0.05) is 12.6 Å². The molecule has 0 aromatic heterocycles. The van der Waals surface area contributed by atoms with E-state index >= 15 is 0 Å². The number of nitrogens with two attached hydrogens (primary N) is 1. The highest BCUT2D eigenvalue weighted by Crippen LogP contribution is 2.29. The Morgan fingerprint density at radius 2 is 2.15 bits per heavy atom. The maximum Gasteiger partial charge on any atom is 0.241 e. The van der Waals surface area contributed by atoms with Crippen molar-refractivity contribution < 1.29 is 22.3 Å². The second-order valence-corrected chi connectivity index (χ2v) is 6.19. The molecule has 0 aliphatic rings. The topological polar surface area (TPSA) is 98.5 Å². The molecule has 0 saturated heterocycles. The van der Waals surface area contributed by atoms with E-state index < -0.39 is 20.7 Å². The molecule has 112 valence electrons. The zero-order chi connectivity index (χ0) is 15.3. The molecule has 0 bridgehead atoms. The number of rotatable bonds is 6. The molecule has 1 rings (SSSR count). The highest BCUT2D eigenvalue weighted by atomic mass is 79.9. The van der Waals surface area contributed by atoms with E-state index in [0.717, 1.165) is 12.1 Å². The molecule has 0 heterocycles. The van der Waals surface area contributed by atoms with Crippen LogP contribution in [0.2, 0.25) is 0 Å². The zero-order valence-electron chi connectivity index (χ0n) is 10.7. The molecule has 20 heavy (non-hydrogen) atoms. The van der Waals surface area contributed by atoms with E-state index in [1.165, 1.54) is 0 Å². The molecule has 0 aliphatic heterocycles. The molecule has 0 saturated carbocycles. The second kappa shape index (κ2) is 7.00. The van der Waals surface area contributed by atoms with Crippen LogP contribution in [-0.4, -0.2) is 27.5 Å². The Labute approximate surface area is 124 Å². The molecular formula is C11H14BrFN2O4S. The highest BCUT2D eigenvalue weighted by Gasteiger charge is 2.18. The Hall–Kier alpha value is -1.19. The van der Waals surface area contributed by atoms with Gasteiger partial charge in [-0.3, -0.25) is 4.79 Å². The van der Waals surface area contributed by atoms with E-state index in [2.05, 4.69) is 21.2 Å². The van der Waals surface area contributed by atoms with Crippen molar-refractivity contribution in [2.24, 2.45) is 5.14 Å². The van der Waals surface area contributed by atoms with Crippen LogP contribution in [0.1, 0.15) is 13.3 Å². The molecule has 0 aliphatic carbocycles. The average Bonchev–Trinajstić information content (AvgIpc) is 2.32. The van der Waals surface area contributed by atoms with Gasteiger partial charge in [0.15, 0.2) is 0 Å². The molecule has 0 unspecified atom stereocenters. The third kappa shape index (κ3) is 4.73. The third-order valence-electron chi connectivity index (χ3n) is 2.25. The summed E-state index contributed by atoms with van der Waals surface area (Å²) in [7, 11) is -4.14. The molecule has 0 atom stereocenters. The van der Waals surface area contributed by atoms with Crippen LogP contribution in [0.3, 0.4) is 0 Å². The summed E-state index contributed by atoms with van der Waals surface area (Å²) in [4.78, 5) is 10.6. The molecular weight excluding hydrogens is 355 g/mol. The number of benzene rings is 1. The number of primary sulfonamides is 1. The summed E-state index contributed by atoms with van der Waals surface area (Å²) in [6.07, 6.45) is 0.110. The minimum atomic E-state index is -4.14. The van der Waals surface area contributed by atoms with Crippen LogP contribution in [-0.2, 0) is 14.8 Å². The summed E-state index contributed by atoms with van der Waals surface area (Å²) in [6, 6.07) is 1.92. The number of amides is 1. The van der Waals surface area contributed by atoms with Crippen molar-refractivity contribution >= 4 is 31.9 Å². The van der Waals surface area contributed by atoms with Gasteiger partial charge in [0.05, 0.1) is 17.5 Å². The van der Waals surface area contributed by atoms with Crippen molar-refractivity contribution in [3.63, 3.8) is 0 Å². The Morgan fingerprint density at radius 3 is 2.70 bits per heavy atom. The fraction of sp³-hybridized carbons (Fsp3) is 0.364. The Balaban J connectivity index is 2.79. The van der Waals surface area contributed by atoms with Crippen LogP contribution in [0.4, 0.5) is 4.39 Å². The Bertz CT molecular complexity index is 607. The van der Waals surface area contributed by atoms with Crippen LogP contribution in [0.25, 0.3) is 0 Å². The first-order chi connectivity index (χ1) is 9.25. The summed E-state index contributed by atoms with van der Waals surface area (Å²) in [5.41, 5.74) is 0. The molecule has 0 spiro atoms. The van der Waals surface area contributed by atoms with Gasteiger partial charge < -0.3 is 10.1 Å². The Kier molecular flexibility index (Phi) is 5.90. The number of carbonyl (C=O) groups is 1. The van der Waals surface area contributed by atoms with Crippen LogP contribution >= 0.6 is 15.9 Å². The maximum absolute atomic E-state index is 13.6. The average molecular weight is 369 g/mol. The molecule has 9 heteroatoms. The number of halogens is 2. The van der Waals surface area contributed by atoms with E-state index in [1.54, 1.807) is 6.92 Å². The van der Waals surface area contributed by atoms with Crippen LogP contribution in [0, 0.1) is 5.82 Å². The van der Waals surface area contributed by atoms with E-state index in [9.17, 15) is 17.6 Å². The van der Waals surface area contributed by atoms with Crippen LogP contribution < -0.4 is 15.2 Å². The number of ether oxygens (including phenoxy) is 1. The van der Waals surface area contributed by atoms with E-state index in [4.69, 9.17) is 9.88 Å². The number of carbonyl (C=O) groups excluding carboxylic acids is 1. The predicted molar refractivity (Wildman–Crippen MR) is 74.3 cm³/mol. The van der Waals surface area contributed by atoms with E-state index in [-0.39, 0.29) is 29.2 Å². The predicted octanol–water partition coefficient (Wildman–Crippen LogP) is 1.14. The molecule has 1 aromatic rings. The number of sulfonamides is 1. The van der Waals surface area contributed by atoms with Gasteiger partial charge in [-0.2, -0.15) is 0 Å². The van der Waals surface area contributed by atoms with Gasteiger partial charge in [0.2, 0.25) is 15.9 Å².